The summed E-state index contributed by atoms with van der Waals surface area (Å²) in [5.74, 6) is 2.13. The van der Waals surface area contributed by atoms with Gasteiger partial charge in [0.05, 0.1) is 6.04 Å². The molecule has 1 saturated heterocycles. The van der Waals surface area contributed by atoms with Gasteiger partial charge in [-0.1, -0.05) is 12.5 Å². The number of carbonyl (C=O) groups is 1. The van der Waals surface area contributed by atoms with Gasteiger partial charge in [0.15, 0.2) is 0 Å². The van der Waals surface area contributed by atoms with Crippen LogP contribution in [0.4, 0.5) is 0 Å². The van der Waals surface area contributed by atoms with Gasteiger partial charge < -0.3 is 10.2 Å². The smallest absolute Gasteiger partial charge is 0.226 e. The van der Waals surface area contributed by atoms with Crippen LogP contribution in [-0.4, -0.2) is 35.4 Å². The number of amides is 1. The minimum absolute atomic E-state index is 0. The zero-order valence-corrected chi connectivity index (χ0v) is 12.9. The first kappa shape index (κ1) is 14.8. The van der Waals surface area contributed by atoms with Crippen molar-refractivity contribution in [1.29, 1.82) is 0 Å². The van der Waals surface area contributed by atoms with Crippen LogP contribution in [0.25, 0.3) is 0 Å². The number of hydrogen-bond acceptors (Lipinski definition) is 3. The van der Waals surface area contributed by atoms with Crippen molar-refractivity contribution in [3.63, 3.8) is 0 Å². The third-order valence-corrected chi connectivity index (χ3v) is 5.29. The lowest BCUT2D eigenvalue weighted by Crippen LogP contribution is -2.49. The van der Waals surface area contributed by atoms with Crippen molar-refractivity contribution in [2.45, 2.75) is 25.3 Å². The van der Waals surface area contributed by atoms with Crippen molar-refractivity contribution in [3.8, 4) is 0 Å². The highest BCUT2D eigenvalue weighted by Crippen LogP contribution is 2.58. The van der Waals surface area contributed by atoms with E-state index in [-0.39, 0.29) is 18.4 Å². The Labute approximate surface area is 131 Å². The molecule has 1 aromatic rings. The van der Waals surface area contributed by atoms with Gasteiger partial charge in [-0.05, 0) is 36.3 Å². The molecule has 3 fully saturated rings. The van der Waals surface area contributed by atoms with Crippen LogP contribution >= 0.6 is 12.4 Å². The molecule has 0 bridgehead atoms. The summed E-state index contributed by atoms with van der Waals surface area (Å²) in [7, 11) is 0. The molecular weight excluding hydrogens is 286 g/mol. The molecule has 3 unspecified atom stereocenters. The van der Waals surface area contributed by atoms with Crippen LogP contribution in [0.5, 0.6) is 0 Å². The molecule has 0 spiro atoms. The maximum Gasteiger partial charge on any atom is 0.226 e. The second kappa shape index (κ2) is 5.93. The summed E-state index contributed by atoms with van der Waals surface area (Å²) in [5, 5.41) is 3.41. The Balaban J connectivity index is 0.00000132. The molecule has 3 aliphatic rings. The number of nitrogens with zero attached hydrogens (tertiary/aromatic N) is 2. The largest absolute Gasteiger partial charge is 0.333 e. The number of fused-ring (bicyclic) bond motifs is 1. The number of pyridine rings is 1. The van der Waals surface area contributed by atoms with Crippen molar-refractivity contribution >= 4 is 18.3 Å². The van der Waals surface area contributed by atoms with Gasteiger partial charge in [0.2, 0.25) is 5.91 Å². The first-order valence-corrected chi connectivity index (χ1v) is 7.77. The van der Waals surface area contributed by atoms with E-state index in [1.807, 2.05) is 12.3 Å². The topological polar surface area (TPSA) is 45.2 Å². The summed E-state index contributed by atoms with van der Waals surface area (Å²) in [4.78, 5) is 19.1. The highest BCUT2D eigenvalue weighted by Gasteiger charge is 2.58. The number of rotatable bonds is 2. The van der Waals surface area contributed by atoms with E-state index in [9.17, 15) is 4.79 Å². The van der Waals surface area contributed by atoms with Crippen molar-refractivity contribution in [3.05, 3.63) is 30.1 Å². The number of hydrogen-bond donors (Lipinski definition) is 1. The monoisotopic (exact) mass is 307 g/mol. The Kier molecular flexibility index (Phi) is 4.18. The molecule has 4 nitrogen and oxygen atoms in total. The summed E-state index contributed by atoms with van der Waals surface area (Å²) in [6, 6.07) is 4.20. The van der Waals surface area contributed by atoms with E-state index < -0.39 is 0 Å². The molecule has 1 N–H and O–H groups in total. The van der Waals surface area contributed by atoms with Gasteiger partial charge in [0.1, 0.15) is 0 Å². The fraction of sp³-hybridized carbons (Fsp3) is 0.625. The summed E-state index contributed by atoms with van der Waals surface area (Å²) < 4.78 is 0. The van der Waals surface area contributed by atoms with Gasteiger partial charge in [-0.25, -0.2) is 0 Å². The predicted molar refractivity (Wildman–Crippen MR) is 83.1 cm³/mol. The Bertz CT molecular complexity index is 500. The van der Waals surface area contributed by atoms with E-state index in [0.29, 0.717) is 23.7 Å². The van der Waals surface area contributed by atoms with Crippen LogP contribution in [0.15, 0.2) is 24.5 Å². The van der Waals surface area contributed by atoms with Crippen molar-refractivity contribution < 1.29 is 4.79 Å². The SMILES string of the molecule is Cl.O=C(C1C2CCCC21)N1CCNCC1c1cccnc1. The highest BCUT2D eigenvalue weighted by atomic mass is 35.5. The Morgan fingerprint density at radius 1 is 1.33 bits per heavy atom. The van der Waals surface area contributed by atoms with Gasteiger partial charge in [-0.15, -0.1) is 12.4 Å². The molecule has 4 rings (SSSR count). The number of piperazine rings is 1. The average Bonchev–Trinajstić information content (AvgIpc) is 2.99. The molecule has 0 aromatic carbocycles. The summed E-state index contributed by atoms with van der Waals surface area (Å²) in [6.07, 6.45) is 7.55. The summed E-state index contributed by atoms with van der Waals surface area (Å²) in [5.41, 5.74) is 1.15. The first-order valence-electron chi connectivity index (χ1n) is 7.77. The summed E-state index contributed by atoms with van der Waals surface area (Å²) >= 11 is 0. The van der Waals surface area contributed by atoms with Crippen LogP contribution in [-0.2, 0) is 4.79 Å². The van der Waals surface area contributed by atoms with E-state index >= 15 is 0 Å². The van der Waals surface area contributed by atoms with Crippen LogP contribution in [0.3, 0.4) is 0 Å². The number of carbonyl (C=O) groups excluding carboxylic acids is 1. The molecule has 5 heteroatoms. The zero-order valence-electron chi connectivity index (χ0n) is 12.1. The van der Waals surface area contributed by atoms with Gasteiger partial charge in [-0.3, -0.25) is 9.78 Å². The van der Waals surface area contributed by atoms with Crippen LogP contribution in [0.1, 0.15) is 30.9 Å². The molecule has 114 valence electrons. The highest BCUT2D eigenvalue weighted by molar-refractivity contribution is 5.85. The molecule has 1 aromatic heterocycles. The van der Waals surface area contributed by atoms with E-state index in [4.69, 9.17) is 0 Å². The number of aromatic nitrogens is 1. The first-order chi connectivity index (χ1) is 9.86. The van der Waals surface area contributed by atoms with Crippen LogP contribution in [0, 0.1) is 17.8 Å². The van der Waals surface area contributed by atoms with Crippen molar-refractivity contribution in [2.24, 2.45) is 17.8 Å². The van der Waals surface area contributed by atoms with E-state index in [2.05, 4.69) is 21.3 Å². The molecule has 1 aliphatic heterocycles. The van der Waals surface area contributed by atoms with Crippen LogP contribution in [0.2, 0.25) is 0 Å². The molecule has 3 atom stereocenters. The lowest BCUT2D eigenvalue weighted by Gasteiger charge is -2.37. The van der Waals surface area contributed by atoms with E-state index in [1.165, 1.54) is 19.3 Å². The second-order valence-electron chi connectivity index (χ2n) is 6.32. The van der Waals surface area contributed by atoms with Gasteiger partial charge in [-0.2, -0.15) is 0 Å². The standard InChI is InChI=1S/C16H21N3O.ClH/c20-16(15-12-4-1-5-13(12)15)19-8-7-18-10-14(19)11-3-2-6-17-9-11;/h2-3,6,9,12-15,18H,1,4-5,7-8,10H2;1H. The number of nitrogens with one attached hydrogen (secondary N) is 1. The van der Waals surface area contributed by atoms with Gasteiger partial charge >= 0.3 is 0 Å². The van der Waals surface area contributed by atoms with Crippen molar-refractivity contribution in [1.82, 2.24) is 15.2 Å². The van der Waals surface area contributed by atoms with E-state index in [1.54, 1.807) is 6.20 Å². The normalized spacial score (nSPS) is 34.0. The Hall–Kier alpha value is -1.13. The maximum absolute atomic E-state index is 12.8. The molecule has 21 heavy (non-hydrogen) atoms. The number of halogens is 1. The molecule has 0 radical (unpaired) electrons. The van der Waals surface area contributed by atoms with E-state index in [0.717, 1.165) is 25.2 Å². The maximum atomic E-state index is 12.8. The lowest BCUT2D eigenvalue weighted by molar-refractivity contribution is -0.136. The predicted octanol–water partition coefficient (Wildman–Crippen LogP) is 2.02. The molecular formula is C16H22ClN3O. The minimum Gasteiger partial charge on any atom is -0.333 e. The quantitative estimate of drug-likeness (QED) is 0.909. The fourth-order valence-electron chi connectivity index (χ4n) is 4.22. The zero-order chi connectivity index (χ0) is 13.5. The molecule has 1 amide bonds. The lowest BCUT2D eigenvalue weighted by atomic mass is 10.0. The second-order valence-corrected chi connectivity index (χ2v) is 6.32. The molecule has 2 heterocycles. The molecule has 2 aliphatic carbocycles. The third kappa shape index (κ3) is 2.55. The van der Waals surface area contributed by atoms with Gasteiger partial charge in [0.25, 0.3) is 0 Å². The average molecular weight is 308 g/mol. The third-order valence-electron chi connectivity index (χ3n) is 5.29. The fourth-order valence-corrected chi connectivity index (χ4v) is 4.22. The van der Waals surface area contributed by atoms with Gasteiger partial charge in [0, 0.05) is 37.9 Å². The Morgan fingerprint density at radius 2 is 2.14 bits per heavy atom. The minimum atomic E-state index is 0. The molecule has 2 saturated carbocycles. The summed E-state index contributed by atoms with van der Waals surface area (Å²) in [6.45, 7) is 2.58. The van der Waals surface area contributed by atoms with Crippen LogP contribution < -0.4 is 5.32 Å². The van der Waals surface area contributed by atoms with Crippen molar-refractivity contribution in [2.75, 3.05) is 19.6 Å². The Morgan fingerprint density at radius 3 is 2.86 bits per heavy atom.